The molecule has 0 spiro atoms. The van der Waals surface area contributed by atoms with Gasteiger partial charge in [0.2, 0.25) is 0 Å². The SMILES string of the molecule is COc1cccc(C2(O)CCNCC2)c1.Cl. The van der Waals surface area contributed by atoms with Crippen LogP contribution < -0.4 is 10.1 Å². The highest BCUT2D eigenvalue weighted by atomic mass is 35.5. The Balaban J connectivity index is 0.00000128. The Morgan fingerprint density at radius 2 is 2.00 bits per heavy atom. The summed E-state index contributed by atoms with van der Waals surface area (Å²) in [5.41, 5.74) is 0.281. The molecule has 1 aromatic rings. The van der Waals surface area contributed by atoms with E-state index in [4.69, 9.17) is 4.74 Å². The molecule has 0 amide bonds. The summed E-state index contributed by atoms with van der Waals surface area (Å²) in [6, 6.07) is 7.71. The molecule has 1 aromatic carbocycles. The second-order valence-corrected chi connectivity index (χ2v) is 4.01. The van der Waals surface area contributed by atoms with Crippen LogP contribution in [0.15, 0.2) is 24.3 Å². The molecule has 16 heavy (non-hydrogen) atoms. The fourth-order valence-corrected chi connectivity index (χ4v) is 2.04. The maximum absolute atomic E-state index is 10.5. The van der Waals surface area contributed by atoms with Gasteiger partial charge >= 0.3 is 0 Å². The van der Waals surface area contributed by atoms with Crippen LogP contribution in [0.25, 0.3) is 0 Å². The summed E-state index contributed by atoms with van der Waals surface area (Å²) < 4.78 is 5.16. The fraction of sp³-hybridized carbons (Fsp3) is 0.500. The lowest BCUT2D eigenvalue weighted by Crippen LogP contribution is -2.39. The third-order valence-electron chi connectivity index (χ3n) is 3.04. The standard InChI is InChI=1S/C12H17NO2.ClH/c1-15-11-4-2-3-10(9-11)12(14)5-7-13-8-6-12;/h2-4,9,13-14H,5-8H2,1H3;1H. The first-order valence-electron chi connectivity index (χ1n) is 5.32. The monoisotopic (exact) mass is 243 g/mol. The van der Waals surface area contributed by atoms with Crippen molar-refractivity contribution in [3.63, 3.8) is 0 Å². The molecule has 1 aliphatic rings. The van der Waals surface area contributed by atoms with Gasteiger partial charge in [0.15, 0.2) is 0 Å². The number of nitrogens with one attached hydrogen (secondary N) is 1. The predicted octanol–water partition coefficient (Wildman–Crippen LogP) is 1.69. The zero-order valence-corrected chi connectivity index (χ0v) is 10.2. The number of halogens is 1. The third-order valence-corrected chi connectivity index (χ3v) is 3.04. The van der Waals surface area contributed by atoms with Crippen LogP contribution in [0.2, 0.25) is 0 Å². The van der Waals surface area contributed by atoms with Gasteiger partial charge in [-0.05, 0) is 43.6 Å². The average Bonchev–Trinajstić information content (AvgIpc) is 2.30. The van der Waals surface area contributed by atoms with Crippen molar-refractivity contribution in [2.75, 3.05) is 20.2 Å². The molecular weight excluding hydrogens is 226 g/mol. The van der Waals surface area contributed by atoms with Gasteiger partial charge in [-0.3, -0.25) is 0 Å². The molecule has 0 atom stereocenters. The molecule has 0 aliphatic carbocycles. The number of hydrogen-bond donors (Lipinski definition) is 2. The first-order valence-corrected chi connectivity index (χ1v) is 5.32. The van der Waals surface area contributed by atoms with E-state index in [9.17, 15) is 5.11 Å². The van der Waals surface area contributed by atoms with E-state index < -0.39 is 5.60 Å². The highest BCUT2D eigenvalue weighted by Gasteiger charge is 2.31. The van der Waals surface area contributed by atoms with Crippen LogP contribution in [-0.4, -0.2) is 25.3 Å². The molecule has 4 heteroatoms. The van der Waals surface area contributed by atoms with E-state index in [-0.39, 0.29) is 12.4 Å². The summed E-state index contributed by atoms with van der Waals surface area (Å²) in [5, 5.41) is 13.7. The van der Waals surface area contributed by atoms with Crippen LogP contribution in [0.4, 0.5) is 0 Å². The van der Waals surface area contributed by atoms with Crippen LogP contribution in [-0.2, 0) is 5.60 Å². The van der Waals surface area contributed by atoms with Crippen molar-refractivity contribution in [2.24, 2.45) is 0 Å². The van der Waals surface area contributed by atoms with E-state index in [1.54, 1.807) is 7.11 Å². The van der Waals surface area contributed by atoms with E-state index in [1.165, 1.54) is 0 Å². The van der Waals surface area contributed by atoms with E-state index in [2.05, 4.69) is 5.32 Å². The first-order chi connectivity index (χ1) is 7.24. The molecule has 2 rings (SSSR count). The van der Waals surface area contributed by atoms with Crippen molar-refractivity contribution in [1.82, 2.24) is 5.32 Å². The Hall–Kier alpha value is -0.770. The number of aliphatic hydroxyl groups is 1. The van der Waals surface area contributed by atoms with Gasteiger partial charge in [0, 0.05) is 0 Å². The maximum atomic E-state index is 10.5. The number of hydrogen-bond acceptors (Lipinski definition) is 3. The zero-order valence-electron chi connectivity index (χ0n) is 9.40. The Bertz CT molecular complexity index is 338. The van der Waals surface area contributed by atoms with Crippen LogP contribution >= 0.6 is 12.4 Å². The summed E-state index contributed by atoms with van der Waals surface area (Å²) in [7, 11) is 1.64. The minimum atomic E-state index is -0.681. The van der Waals surface area contributed by atoms with Crippen molar-refractivity contribution in [3.8, 4) is 5.75 Å². The lowest BCUT2D eigenvalue weighted by molar-refractivity contribution is 0.00577. The van der Waals surface area contributed by atoms with Crippen LogP contribution in [0.3, 0.4) is 0 Å². The lowest BCUT2D eigenvalue weighted by Gasteiger charge is -2.33. The molecular formula is C12H18ClNO2. The Morgan fingerprint density at radius 1 is 1.31 bits per heavy atom. The van der Waals surface area contributed by atoms with Gasteiger partial charge in [0.1, 0.15) is 5.75 Å². The molecule has 0 bridgehead atoms. The van der Waals surface area contributed by atoms with Crippen molar-refractivity contribution < 1.29 is 9.84 Å². The number of piperidine rings is 1. The molecule has 0 radical (unpaired) electrons. The molecule has 0 saturated carbocycles. The number of rotatable bonds is 2. The molecule has 1 heterocycles. The molecule has 0 unspecified atom stereocenters. The Kier molecular flexibility index (Phi) is 4.59. The summed E-state index contributed by atoms with van der Waals surface area (Å²) in [6.07, 6.45) is 1.53. The predicted molar refractivity (Wildman–Crippen MR) is 66.2 cm³/mol. The average molecular weight is 244 g/mol. The normalized spacial score (nSPS) is 18.6. The molecule has 90 valence electrons. The van der Waals surface area contributed by atoms with Crippen molar-refractivity contribution in [2.45, 2.75) is 18.4 Å². The van der Waals surface area contributed by atoms with Crippen molar-refractivity contribution in [3.05, 3.63) is 29.8 Å². The van der Waals surface area contributed by atoms with E-state index in [1.807, 2.05) is 24.3 Å². The molecule has 1 aliphatic heterocycles. The highest BCUT2D eigenvalue weighted by Crippen LogP contribution is 2.32. The topological polar surface area (TPSA) is 41.5 Å². The molecule has 1 fully saturated rings. The van der Waals surface area contributed by atoms with E-state index in [0.29, 0.717) is 0 Å². The van der Waals surface area contributed by atoms with E-state index in [0.717, 1.165) is 37.2 Å². The molecule has 3 nitrogen and oxygen atoms in total. The Labute approximate surface area is 102 Å². The lowest BCUT2D eigenvalue weighted by atomic mass is 9.85. The number of ether oxygens (including phenoxy) is 1. The first kappa shape index (κ1) is 13.3. The minimum Gasteiger partial charge on any atom is -0.497 e. The van der Waals surface area contributed by atoms with Gasteiger partial charge in [-0.1, -0.05) is 12.1 Å². The molecule has 1 saturated heterocycles. The second kappa shape index (κ2) is 5.53. The van der Waals surface area contributed by atoms with Crippen LogP contribution in [0.1, 0.15) is 18.4 Å². The summed E-state index contributed by atoms with van der Waals surface area (Å²) >= 11 is 0. The number of methoxy groups -OCH3 is 1. The summed E-state index contributed by atoms with van der Waals surface area (Å²) in [4.78, 5) is 0. The summed E-state index contributed by atoms with van der Waals surface area (Å²) in [5.74, 6) is 0.805. The van der Waals surface area contributed by atoms with Crippen LogP contribution in [0, 0.1) is 0 Å². The minimum absolute atomic E-state index is 0. The largest absolute Gasteiger partial charge is 0.497 e. The summed E-state index contributed by atoms with van der Waals surface area (Å²) in [6.45, 7) is 1.74. The molecule has 0 aromatic heterocycles. The van der Waals surface area contributed by atoms with Gasteiger partial charge < -0.3 is 15.2 Å². The smallest absolute Gasteiger partial charge is 0.119 e. The van der Waals surface area contributed by atoms with Gasteiger partial charge in [-0.25, -0.2) is 0 Å². The van der Waals surface area contributed by atoms with Crippen molar-refractivity contribution in [1.29, 1.82) is 0 Å². The number of benzene rings is 1. The highest BCUT2D eigenvalue weighted by molar-refractivity contribution is 5.85. The van der Waals surface area contributed by atoms with E-state index >= 15 is 0 Å². The second-order valence-electron chi connectivity index (χ2n) is 4.01. The van der Waals surface area contributed by atoms with Crippen LogP contribution in [0.5, 0.6) is 5.75 Å². The Morgan fingerprint density at radius 3 is 2.62 bits per heavy atom. The van der Waals surface area contributed by atoms with Gasteiger partial charge in [0.25, 0.3) is 0 Å². The maximum Gasteiger partial charge on any atom is 0.119 e. The van der Waals surface area contributed by atoms with Gasteiger partial charge in [0.05, 0.1) is 12.7 Å². The molecule has 2 N–H and O–H groups in total. The fourth-order valence-electron chi connectivity index (χ4n) is 2.04. The zero-order chi connectivity index (χ0) is 10.7. The van der Waals surface area contributed by atoms with Crippen molar-refractivity contribution >= 4 is 12.4 Å². The van der Waals surface area contributed by atoms with Gasteiger partial charge in [-0.2, -0.15) is 0 Å². The quantitative estimate of drug-likeness (QED) is 0.831. The third kappa shape index (κ3) is 2.67. The van der Waals surface area contributed by atoms with Gasteiger partial charge in [-0.15, -0.1) is 12.4 Å².